The number of hydrogen-bond donors (Lipinski definition) is 0. The van der Waals surface area contributed by atoms with E-state index in [2.05, 4.69) is 0 Å². The van der Waals surface area contributed by atoms with E-state index in [-0.39, 0.29) is 24.4 Å². The van der Waals surface area contributed by atoms with Crippen molar-refractivity contribution in [1.82, 2.24) is 9.80 Å². The standard InChI is InChI=1S/C23H34N2O3/c1-3-28-16-8-15-24-21(26)17-25(20-9-6-4-5-7-10-20)23(27)22(24)19-13-11-18(2)12-14-19/h11-14,20,22H,3-10,15-17H2,1-2H3. The minimum Gasteiger partial charge on any atom is -0.382 e. The molecule has 1 saturated heterocycles. The minimum absolute atomic E-state index is 0.0610. The normalized spacial score (nSPS) is 21.9. The third-order valence-electron chi connectivity index (χ3n) is 6.00. The van der Waals surface area contributed by atoms with Gasteiger partial charge in [-0.3, -0.25) is 9.59 Å². The zero-order chi connectivity index (χ0) is 19.9. The van der Waals surface area contributed by atoms with Crippen LogP contribution in [0.25, 0.3) is 0 Å². The fourth-order valence-electron chi connectivity index (χ4n) is 4.43. The smallest absolute Gasteiger partial charge is 0.250 e. The van der Waals surface area contributed by atoms with Crippen LogP contribution in [-0.2, 0) is 14.3 Å². The third kappa shape index (κ3) is 4.93. The number of piperazine rings is 1. The van der Waals surface area contributed by atoms with E-state index in [0.717, 1.165) is 43.2 Å². The summed E-state index contributed by atoms with van der Waals surface area (Å²) < 4.78 is 5.44. The maximum Gasteiger partial charge on any atom is 0.250 e. The van der Waals surface area contributed by atoms with Gasteiger partial charge in [-0.05, 0) is 38.7 Å². The molecule has 1 atom stereocenters. The molecule has 1 aliphatic carbocycles. The topological polar surface area (TPSA) is 49.9 Å². The predicted molar refractivity (Wildman–Crippen MR) is 110 cm³/mol. The molecule has 1 aromatic carbocycles. The molecule has 2 aliphatic rings. The van der Waals surface area contributed by atoms with Gasteiger partial charge in [0.1, 0.15) is 12.6 Å². The first-order valence-corrected chi connectivity index (χ1v) is 10.9. The molecule has 0 spiro atoms. The first-order valence-electron chi connectivity index (χ1n) is 10.9. The van der Waals surface area contributed by atoms with Crippen LogP contribution in [0.3, 0.4) is 0 Å². The highest BCUT2D eigenvalue weighted by atomic mass is 16.5. The minimum atomic E-state index is -0.508. The van der Waals surface area contributed by atoms with Gasteiger partial charge in [0.05, 0.1) is 0 Å². The van der Waals surface area contributed by atoms with Gasteiger partial charge in [-0.25, -0.2) is 0 Å². The number of hydrogen-bond acceptors (Lipinski definition) is 3. The molecule has 0 radical (unpaired) electrons. The van der Waals surface area contributed by atoms with E-state index >= 15 is 0 Å². The van der Waals surface area contributed by atoms with Crippen LogP contribution in [0.1, 0.15) is 69.0 Å². The lowest BCUT2D eigenvalue weighted by molar-refractivity contribution is -0.159. The predicted octanol–water partition coefficient (Wildman–Crippen LogP) is 3.86. The second-order valence-electron chi connectivity index (χ2n) is 8.06. The van der Waals surface area contributed by atoms with Crippen LogP contribution in [0.5, 0.6) is 0 Å². The Morgan fingerprint density at radius 3 is 2.36 bits per heavy atom. The van der Waals surface area contributed by atoms with Crippen LogP contribution >= 0.6 is 0 Å². The third-order valence-corrected chi connectivity index (χ3v) is 6.00. The van der Waals surface area contributed by atoms with Gasteiger partial charge in [0.15, 0.2) is 0 Å². The van der Waals surface area contributed by atoms with E-state index in [1.165, 1.54) is 12.8 Å². The number of aryl methyl sites for hydroxylation is 1. The molecule has 5 nitrogen and oxygen atoms in total. The zero-order valence-electron chi connectivity index (χ0n) is 17.4. The lowest BCUT2D eigenvalue weighted by Gasteiger charge is -2.43. The molecule has 2 amide bonds. The van der Waals surface area contributed by atoms with Gasteiger partial charge in [0, 0.05) is 25.8 Å². The van der Waals surface area contributed by atoms with Gasteiger partial charge in [0.25, 0.3) is 5.91 Å². The van der Waals surface area contributed by atoms with Gasteiger partial charge in [-0.1, -0.05) is 55.5 Å². The first-order chi connectivity index (χ1) is 13.6. The monoisotopic (exact) mass is 386 g/mol. The summed E-state index contributed by atoms with van der Waals surface area (Å²) in [6.45, 7) is 6.07. The Hall–Kier alpha value is -1.88. The molecule has 1 heterocycles. The molecular formula is C23H34N2O3. The van der Waals surface area contributed by atoms with E-state index < -0.39 is 6.04 Å². The molecule has 0 N–H and O–H groups in total. The molecular weight excluding hydrogens is 352 g/mol. The fourth-order valence-corrected chi connectivity index (χ4v) is 4.43. The lowest BCUT2D eigenvalue weighted by Crippen LogP contribution is -2.58. The van der Waals surface area contributed by atoms with Crippen molar-refractivity contribution >= 4 is 11.8 Å². The van der Waals surface area contributed by atoms with E-state index in [1.54, 1.807) is 4.90 Å². The van der Waals surface area contributed by atoms with Crippen LogP contribution in [0.4, 0.5) is 0 Å². The van der Waals surface area contributed by atoms with Crippen molar-refractivity contribution in [2.75, 3.05) is 26.3 Å². The van der Waals surface area contributed by atoms with Gasteiger partial charge < -0.3 is 14.5 Å². The number of nitrogens with zero attached hydrogens (tertiary/aromatic N) is 2. The van der Waals surface area contributed by atoms with Gasteiger partial charge in [-0.2, -0.15) is 0 Å². The largest absolute Gasteiger partial charge is 0.382 e. The number of benzene rings is 1. The van der Waals surface area contributed by atoms with Crippen LogP contribution in [0, 0.1) is 6.92 Å². The van der Waals surface area contributed by atoms with Gasteiger partial charge >= 0.3 is 0 Å². The maximum atomic E-state index is 13.6. The summed E-state index contributed by atoms with van der Waals surface area (Å²) in [5.74, 6) is 0.151. The van der Waals surface area contributed by atoms with Crippen LogP contribution in [0.2, 0.25) is 0 Å². The molecule has 0 bridgehead atoms. The Labute approximate surface area is 169 Å². The number of rotatable bonds is 7. The maximum absolute atomic E-state index is 13.6. The second-order valence-corrected chi connectivity index (χ2v) is 8.06. The molecule has 2 fully saturated rings. The highest BCUT2D eigenvalue weighted by Gasteiger charge is 2.42. The molecule has 1 aliphatic heterocycles. The Balaban J connectivity index is 1.83. The second kappa shape index (κ2) is 10.1. The Bertz CT molecular complexity index is 650. The summed E-state index contributed by atoms with van der Waals surface area (Å²) >= 11 is 0. The van der Waals surface area contributed by atoms with Crippen molar-refractivity contribution in [2.24, 2.45) is 0 Å². The molecule has 3 rings (SSSR count). The van der Waals surface area contributed by atoms with E-state index in [9.17, 15) is 9.59 Å². The Morgan fingerprint density at radius 1 is 1.04 bits per heavy atom. The molecule has 5 heteroatoms. The zero-order valence-corrected chi connectivity index (χ0v) is 17.4. The molecule has 1 unspecified atom stereocenters. The van der Waals surface area contributed by atoms with Crippen molar-refractivity contribution in [3.05, 3.63) is 35.4 Å². The number of ether oxygens (including phenoxy) is 1. The first kappa shape index (κ1) is 20.8. The van der Waals surface area contributed by atoms with Crippen LogP contribution in [-0.4, -0.2) is 54.0 Å². The van der Waals surface area contributed by atoms with E-state index in [4.69, 9.17) is 4.74 Å². The summed E-state index contributed by atoms with van der Waals surface area (Å²) in [5, 5.41) is 0. The quantitative estimate of drug-likeness (QED) is 0.528. The highest BCUT2D eigenvalue weighted by molar-refractivity contribution is 5.95. The molecule has 0 aromatic heterocycles. The number of carbonyl (C=O) groups is 2. The summed E-state index contributed by atoms with van der Waals surface area (Å²) in [4.78, 5) is 30.3. The summed E-state index contributed by atoms with van der Waals surface area (Å²) in [6.07, 6.45) is 7.55. The highest BCUT2D eigenvalue weighted by Crippen LogP contribution is 2.32. The molecule has 154 valence electrons. The molecule has 28 heavy (non-hydrogen) atoms. The lowest BCUT2D eigenvalue weighted by atomic mass is 9.96. The average molecular weight is 387 g/mol. The van der Waals surface area contributed by atoms with Crippen LogP contribution < -0.4 is 0 Å². The van der Waals surface area contributed by atoms with E-state index in [0.29, 0.717) is 19.8 Å². The molecule has 1 saturated carbocycles. The van der Waals surface area contributed by atoms with Crippen molar-refractivity contribution in [3.8, 4) is 0 Å². The van der Waals surface area contributed by atoms with Gasteiger partial charge in [-0.15, -0.1) is 0 Å². The van der Waals surface area contributed by atoms with E-state index in [1.807, 2.05) is 43.0 Å². The fraction of sp³-hybridized carbons (Fsp3) is 0.652. The molecule has 1 aromatic rings. The number of carbonyl (C=O) groups excluding carboxylic acids is 2. The van der Waals surface area contributed by atoms with Crippen molar-refractivity contribution in [2.45, 2.75) is 70.9 Å². The average Bonchev–Trinajstić information content (AvgIpc) is 2.98. The summed E-state index contributed by atoms with van der Waals surface area (Å²) in [6, 6.07) is 7.74. The van der Waals surface area contributed by atoms with Crippen LogP contribution in [0.15, 0.2) is 24.3 Å². The number of amides is 2. The summed E-state index contributed by atoms with van der Waals surface area (Å²) in [5.41, 5.74) is 2.07. The summed E-state index contributed by atoms with van der Waals surface area (Å²) in [7, 11) is 0. The van der Waals surface area contributed by atoms with Crippen molar-refractivity contribution < 1.29 is 14.3 Å². The SMILES string of the molecule is CCOCCCN1C(=O)CN(C2CCCCCC2)C(=O)C1c1ccc(C)cc1. The van der Waals surface area contributed by atoms with Crippen molar-refractivity contribution in [3.63, 3.8) is 0 Å². The van der Waals surface area contributed by atoms with Crippen molar-refractivity contribution in [1.29, 1.82) is 0 Å². The Morgan fingerprint density at radius 2 is 1.71 bits per heavy atom. The Kier molecular flexibility index (Phi) is 7.49. The van der Waals surface area contributed by atoms with Gasteiger partial charge in [0.2, 0.25) is 5.91 Å².